The Morgan fingerprint density at radius 2 is 2.11 bits per heavy atom. The van der Waals surface area contributed by atoms with Gasteiger partial charge in [-0.05, 0) is 31.2 Å². The van der Waals surface area contributed by atoms with Gasteiger partial charge in [0.15, 0.2) is 0 Å². The topological polar surface area (TPSA) is 68.3 Å². The molecule has 0 radical (unpaired) electrons. The minimum Gasteiger partial charge on any atom is -0.465 e. The smallest absolute Gasteiger partial charge is 0.273 e. The van der Waals surface area contributed by atoms with Crippen LogP contribution in [0, 0.1) is 17.0 Å². The summed E-state index contributed by atoms with van der Waals surface area (Å²) in [6, 6.07) is 8.68. The number of rotatable bonds is 5. The fourth-order valence-corrected chi connectivity index (χ4v) is 2.18. The molecule has 0 aliphatic heterocycles. The Bertz CT molecular complexity index is 595. The van der Waals surface area contributed by atoms with Crippen molar-refractivity contribution in [3.05, 3.63) is 62.0 Å². The molecule has 0 spiro atoms. The molecule has 1 N–H and O–H groups in total. The van der Waals surface area contributed by atoms with E-state index in [1.165, 1.54) is 6.07 Å². The third-order valence-corrected chi connectivity index (χ3v) is 3.14. The number of nitro benzene ring substituents is 1. The minimum atomic E-state index is -0.375. The maximum atomic E-state index is 10.9. The highest BCUT2D eigenvalue weighted by atomic mass is 79.9. The largest absolute Gasteiger partial charge is 0.465 e. The second kappa shape index (κ2) is 5.99. The van der Waals surface area contributed by atoms with Gasteiger partial charge in [-0.2, -0.15) is 0 Å². The lowest BCUT2D eigenvalue weighted by Gasteiger charge is -2.05. The van der Waals surface area contributed by atoms with E-state index >= 15 is 0 Å². The number of hydrogen-bond acceptors (Lipinski definition) is 4. The molecule has 1 aromatic carbocycles. The van der Waals surface area contributed by atoms with Crippen molar-refractivity contribution in [2.45, 2.75) is 20.0 Å². The van der Waals surface area contributed by atoms with Gasteiger partial charge in [-0.15, -0.1) is 0 Å². The summed E-state index contributed by atoms with van der Waals surface area (Å²) in [5, 5.41) is 14.0. The molecule has 19 heavy (non-hydrogen) atoms. The zero-order valence-corrected chi connectivity index (χ0v) is 11.9. The van der Waals surface area contributed by atoms with Gasteiger partial charge in [0.05, 0.1) is 11.5 Å². The zero-order chi connectivity index (χ0) is 13.8. The first-order valence-electron chi connectivity index (χ1n) is 5.75. The highest BCUT2D eigenvalue weighted by Crippen LogP contribution is 2.23. The van der Waals surface area contributed by atoms with Crippen LogP contribution in [0.2, 0.25) is 0 Å². The van der Waals surface area contributed by atoms with Gasteiger partial charge in [0.2, 0.25) is 0 Å². The zero-order valence-electron chi connectivity index (χ0n) is 10.4. The molecule has 0 fully saturated rings. The number of furan rings is 1. The Morgan fingerprint density at radius 3 is 2.74 bits per heavy atom. The molecule has 0 aliphatic rings. The molecule has 2 aromatic rings. The molecule has 0 unspecified atom stereocenters. The Morgan fingerprint density at radius 1 is 1.32 bits per heavy atom. The second-order valence-corrected chi connectivity index (χ2v) is 5.06. The molecular formula is C13H13BrN2O3. The SMILES string of the molecule is Cc1ccc(CNCc2cc(Br)ccc2[N+](=O)[O-])o1. The van der Waals surface area contributed by atoms with Crippen LogP contribution in [0.5, 0.6) is 0 Å². The predicted octanol–water partition coefficient (Wildman–Crippen LogP) is 3.55. The molecule has 0 amide bonds. The van der Waals surface area contributed by atoms with Gasteiger partial charge in [-0.25, -0.2) is 0 Å². The monoisotopic (exact) mass is 324 g/mol. The summed E-state index contributed by atoms with van der Waals surface area (Å²) in [7, 11) is 0. The number of halogens is 1. The van der Waals surface area contributed by atoms with E-state index in [9.17, 15) is 10.1 Å². The van der Waals surface area contributed by atoms with E-state index in [1.54, 1.807) is 12.1 Å². The summed E-state index contributed by atoms with van der Waals surface area (Å²) in [6.07, 6.45) is 0. The molecule has 0 aliphatic carbocycles. The average Bonchev–Trinajstić information content (AvgIpc) is 2.75. The minimum absolute atomic E-state index is 0.117. The van der Waals surface area contributed by atoms with Crippen molar-refractivity contribution in [3.63, 3.8) is 0 Å². The molecule has 1 heterocycles. The lowest BCUT2D eigenvalue weighted by atomic mass is 10.2. The van der Waals surface area contributed by atoms with Gasteiger partial charge in [-0.1, -0.05) is 15.9 Å². The van der Waals surface area contributed by atoms with Crippen molar-refractivity contribution >= 4 is 21.6 Å². The van der Waals surface area contributed by atoms with Crippen LogP contribution < -0.4 is 5.32 Å². The van der Waals surface area contributed by atoms with Crippen molar-refractivity contribution in [1.29, 1.82) is 0 Å². The molecule has 1 aromatic heterocycles. The molecule has 5 nitrogen and oxygen atoms in total. The number of benzene rings is 1. The number of nitro groups is 1. The van der Waals surface area contributed by atoms with Crippen LogP contribution in [0.1, 0.15) is 17.1 Å². The van der Waals surface area contributed by atoms with E-state index < -0.39 is 0 Å². The quantitative estimate of drug-likeness (QED) is 0.674. The van der Waals surface area contributed by atoms with E-state index in [1.807, 2.05) is 19.1 Å². The number of nitrogens with one attached hydrogen (secondary N) is 1. The molecule has 0 bridgehead atoms. The lowest BCUT2D eigenvalue weighted by Crippen LogP contribution is -2.13. The van der Waals surface area contributed by atoms with Crippen LogP contribution in [0.4, 0.5) is 5.69 Å². The first kappa shape index (κ1) is 13.8. The first-order chi connectivity index (χ1) is 9.06. The Hall–Kier alpha value is -1.66. The van der Waals surface area contributed by atoms with Gasteiger partial charge in [0.25, 0.3) is 5.69 Å². The Labute approximate surface area is 118 Å². The fourth-order valence-electron chi connectivity index (χ4n) is 1.77. The van der Waals surface area contributed by atoms with E-state index in [2.05, 4.69) is 21.2 Å². The van der Waals surface area contributed by atoms with Gasteiger partial charge in [-0.3, -0.25) is 10.1 Å². The van der Waals surface area contributed by atoms with E-state index in [-0.39, 0.29) is 10.6 Å². The Kier molecular flexibility index (Phi) is 4.34. The maximum absolute atomic E-state index is 10.9. The summed E-state index contributed by atoms with van der Waals surface area (Å²) in [5.74, 6) is 1.67. The summed E-state index contributed by atoms with van der Waals surface area (Å²) in [6.45, 7) is 2.83. The van der Waals surface area contributed by atoms with E-state index in [0.717, 1.165) is 16.0 Å². The lowest BCUT2D eigenvalue weighted by molar-refractivity contribution is -0.385. The predicted molar refractivity (Wildman–Crippen MR) is 74.8 cm³/mol. The summed E-state index contributed by atoms with van der Waals surface area (Å²) in [4.78, 5) is 10.5. The molecular weight excluding hydrogens is 312 g/mol. The van der Waals surface area contributed by atoms with Crippen molar-refractivity contribution in [3.8, 4) is 0 Å². The van der Waals surface area contributed by atoms with Gasteiger partial charge in [0.1, 0.15) is 11.5 Å². The van der Waals surface area contributed by atoms with E-state index in [4.69, 9.17) is 4.42 Å². The van der Waals surface area contributed by atoms with Gasteiger partial charge >= 0.3 is 0 Å². The molecule has 100 valence electrons. The first-order valence-corrected chi connectivity index (χ1v) is 6.54. The number of aryl methyl sites for hydroxylation is 1. The number of nitrogens with zero attached hydrogens (tertiary/aromatic N) is 1. The van der Waals surface area contributed by atoms with Crippen LogP contribution in [0.3, 0.4) is 0 Å². The standard InChI is InChI=1S/C13H13BrN2O3/c1-9-2-4-12(19-9)8-15-7-10-6-11(14)3-5-13(10)16(17)18/h2-6,15H,7-8H2,1H3. The average molecular weight is 325 g/mol. The van der Waals surface area contributed by atoms with Crippen molar-refractivity contribution in [1.82, 2.24) is 5.32 Å². The van der Waals surface area contributed by atoms with Crippen LogP contribution in [0.15, 0.2) is 39.2 Å². The summed E-state index contributed by atoms with van der Waals surface area (Å²) < 4.78 is 6.24. The molecule has 0 saturated heterocycles. The van der Waals surface area contributed by atoms with Crippen molar-refractivity contribution in [2.75, 3.05) is 0 Å². The highest BCUT2D eigenvalue weighted by Gasteiger charge is 2.13. The van der Waals surface area contributed by atoms with Crippen molar-refractivity contribution in [2.24, 2.45) is 0 Å². The second-order valence-electron chi connectivity index (χ2n) is 4.15. The van der Waals surface area contributed by atoms with Crippen molar-refractivity contribution < 1.29 is 9.34 Å². The van der Waals surface area contributed by atoms with Gasteiger partial charge < -0.3 is 9.73 Å². The van der Waals surface area contributed by atoms with E-state index in [0.29, 0.717) is 18.7 Å². The van der Waals surface area contributed by atoms with Crippen LogP contribution in [-0.2, 0) is 13.1 Å². The maximum Gasteiger partial charge on any atom is 0.273 e. The molecule has 6 heteroatoms. The van der Waals surface area contributed by atoms with Crippen LogP contribution in [-0.4, -0.2) is 4.92 Å². The third kappa shape index (κ3) is 3.65. The fraction of sp³-hybridized carbons (Fsp3) is 0.231. The third-order valence-electron chi connectivity index (χ3n) is 2.65. The number of hydrogen-bond donors (Lipinski definition) is 1. The summed E-state index contributed by atoms with van der Waals surface area (Å²) >= 11 is 3.32. The molecule has 0 saturated carbocycles. The normalized spacial score (nSPS) is 10.6. The molecule has 2 rings (SSSR count). The summed E-state index contributed by atoms with van der Waals surface area (Å²) in [5.41, 5.74) is 0.758. The molecule has 0 atom stereocenters. The van der Waals surface area contributed by atoms with Crippen LogP contribution in [0.25, 0.3) is 0 Å². The highest BCUT2D eigenvalue weighted by molar-refractivity contribution is 9.10. The van der Waals surface area contributed by atoms with Crippen LogP contribution >= 0.6 is 15.9 Å². The van der Waals surface area contributed by atoms with Gasteiger partial charge in [0, 0.05) is 22.6 Å². The Balaban J connectivity index is 2.02.